The summed E-state index contributed by atoms with van der Waals surface area (Å²) in [6.07, 6.45) is 2.10. The molecule has 2 atom stereocenters. The van der Waals surface area contributed by atoms with Gasteiger partial charge >= 0.3 is 0 Å². The van der Waals surface area contributed by atoms with Gasteiger partial charge in [-0.05, 0) is 38.5 Å². The first-order valence-electron chi connectivity index (χ1n) is 6.36. The molecule has 2 nitrogen and oxygen atoms in total. The van der Waals surface area contributed by atoms with E-state index in [1.165, 1.54) is 12.1 Å². The number of nitrogens with zero attached hydrogens (tertiary/aromatic N) is 2. The summed E-state index contributed by atoms with van der Waals surface area (Å²) in [5.74, 6) is 0.583. The Morgan fingerprint density at radius 2 is 2.11 bits per heavy atom. The minimum absolute atomic E-state index is 0.181. The maximum absolute atomic E-state index is 13.4. The maximum atomic E-state index is 13.4. The summed E-state index contributed by atoms with van der Waals surface area (Å²) in [5, 5.41) is -0.181. The highest BCUT2D eigenvalue weighted by Gasteiger charge is 2.18. The summed E-state index contributed by atoms with van der Waals surface area (Å²) in [6.45, 7) is 6.16. The third-order valence-corrected chi connectivity index (χ3v) is 3.38. The molecule has 0 N–H and O–H groups in total. The van der Waals surface area contributed by atoms with Gasteiger partial charge in [-0.25, -0.2) is 9.37 Å². The zero-order chi connectivity index (χ0) is 13.3. The molecule has 1 aromatic heterocycles. The van der Waals surface area contributed by atoms with Gasteiger partial charge in [0.05, 0.1) is 16.4 Å². The van der Waals surface area contributed by atoms with Crippen molar-refractivity contribution in [1.29, 1.82) is 0 Å². The van der Waals surface area contributed by atoms with E-state index in [2.05, 4.69) is 23.4 Å². The van der Waals surface area contributed by atoms with E-state index in [1.54, 1.807) is 6.07 Å². The number of halogens is 2. The van der Waals surface area contributed by atoms with Crippen LogP contribution in [0.4, 0.5) is 4.39 Å². The summed E-state index contributed by atoms with van der Waals surface area (Å²) < 4.78 is 15.5. The summed E-state index contributed by atoms with van der Waals surface area (Å²) in [5.41, 5.74) is 1.64. The van der Waals surface area contributed by atoms with E-state index >= 15 is 0 Å². The van der Waals surface area contributed by atoms with Gasteiger partial charge in [-0.2, -0.15) is 0 Å². The Kier molecular flexibility index (Phi) is 3.91. The van der Waals surface area contributed by atoms with Crippen molar-refractivity contribution in [1.82, 2.24) is 9.55 Å². The molecule has 0 spiro atoms. The number of aromatic nitrogens is 2. The zero-order valence-electron chi connectivity index (χ0n) is 11.0. The van der Waals surface area contributed by atoms with Gasteiger partial charge in [0.25, 0.3) is 0 Å². The number of hydrogen-bond donors (Lipinski definition) is 0. The fraction of sp³-hybridized carbons (Fsp3) is 0.500. The normalized spacial score (nSPS) is 14.9. The van der Waals surface area contributed by atoms with Gasteiger partial charge in [0, 0.05) is 6.04 Å². The van der Waals surface area contributed by atoms with Gasteiger partial charge < -0.3 is 4.57 Å². The van der Waals surface area contributed by atoms with Crippen LogP contribution in [0.15, 0.2) is 18.2 Å². The second-order valence-electron chi connectivity index (χ2n) is 4.73. The second-order valence-corrected chi connectivity index (χ2v) is 5.38. The maximum Gasteiger partial charge on any atom is 0.127 e. The Bertz CT molecular complexity index is 548. The van der Waals surface area contributed by atoms with Crippen LogP contribution in [0.1, 0.15) is 50.9 Å². The van der Waals surface area contributed by atoms with Gasteiger partial charge in [0.15, 0.2) is 0 Å². The van der Waals surface area contributed by atoms with Gasteiger partial charge in [-0.1, -0.05) is 13.3 Å². The Balaban J connectivity index is 2.64. The van der Waals surface area contributed by atoms with Crippen LogP contribution in [0.2, 0.25) is 0 Å². The molecule has 2 rings (SSSR count). The molecule has 2 aromatic rings. The van der Waals surface area contributed by atoms with Gasteiger partial charge in [0.2, 0.25) is 0 Å². The SMILES string of the molecule is CCCC(C)n1c(C(C)Cl)nc2ccc(F)cc21. The monoisotopic (exact) mass is 268 g/mol. The lowest BCUT2D eigenvalue weighted by atomic mass is 10.2. The number of hydrogen-bond acceptors (Lipinski definition) is 1. The number of imidazole rings is 1. The van der Waals surface area contributed by atoms with Crippen molar-refractivity contribution in [3.05, 3.63) is 29.8 Å². The molecule has 18 heavy (non-hydrogen) atoms. The number of rotatable bonds is 4. The van der Waals surface area contributed by atoms with E-state index in [0.29, 0.717) is 0 Å². The van der Waals surface area contributed by atoms with Gasteiger partial charge in [-0.3, -0.25) is 0 Å². The zero-order valence-corrected chi connectivity index (χ0v) is 11.7. The van der Waals surface area contributed by atoms with E-state index in [1.807, 2.05) is 6.92 Å². The molecule has 0 radical (unpaired) electrons. The van der Waals surface area contributed by atoms with E-state index in [4.69, 9.17) is 11.6 Å². The smallest absolute Gasteiger partial charge is 0.127 e. The summed E-state index contributed by atoms with van der Waals surface area (Å²) >= 11 is 6.19. The van der Waals surface area contributed by atoms with Crippen molar-refractivity contribution in [2.45, 2.75) is 45.0 Å². The highest BCUT2D eigenvalue weighted by Crippen LogP contribution is 2.30. The van der Waals surface area contributed by atoms with E-state index in [-0.39, 0.29) is 17.2 Å². The van der Waals surface area contributed by atoms with Crippen LogP contribution >= 0.6 is 11.6 Å². The summed E-state index contributed by atoms with van der Waals surface area (Å²) in [4.78, 5) is 4.52. The number of benzene rings is 1. The van der Waals surface area contributed by atoms with Crippen molar-refractivity contribution >= 4 is 22.6 Å². The topological polar surface area (TPSA) is 17.8 Å². The fourth-order valence-electron chi connectivity index (χ4n) is 2.38. The molecule has 0 aliphatic rings. The first kappa shape index (κ1) is 13.3. The van der Waals surface area contributed by atoms with E-state index < -0.39 is 0 Å². The van der Waals surface area contributed by atoms with Crippen LogP contribution in [-0.2, 0) is 0 Å². The molecule has 0 bridgehead atoms. The van der Waals surface area contributed by atoms with Gasteiger partial charge in [0.1, 0.15) is 11.6 Å². The molecule has 0 saturated heterocycles. The molecule has 2 unspecified atom stereocenters. The van der Waals surface area contributed by atoms with Crippen molar-refractivity contribution in [2.24, 2.45) is 0 Å². The Labute approximate surface area is 112 Å². The molecular formula is C14H18ClFN2. The molecule has 98 valence electrons. The second kappa shape index (κ2) is 5.27. The molecule has 0 fully saturated rings. The minimum atomic E-state index is -0.235. The average molecular weight is 269 g/mol. The largest absolute Gasteiger partial charge is 0.324 e. The molecule has 1 aromatic carbocycles. The minimum Gasteiger partial charge on any atom is -0.324 e. The third kappa shape index (κ3) is 2.37. The number of alkyl halides is 1. The average Bonchev–Trinajstić information content (AvgIpc) is 2.67. The summed E-state index contributed by atoms with van der Waals surface area (Å²) in [6, 6.07) is 4.96. The highest BCUT2D eigenvalue weighted by molar-refractivity contribution is 6.20. The standard InChI is InChI=1S/C14H18ClFN2/c1-4-5-9(2)18-13-8-11(16)6-7-12(13)17-14(18)10(3)15/h6-10H,4-5H2,1-3H3. The van der Waals surface area contributed by atoms with Crippen LogP contribution in [0.3, 0.4) is 0 Å². The first-order valence-corrected chi connectivity index (χ1v) is 6.79. The Morgan fingerprint density at radius 1 is 1.39 bits per heavy atom. The van der Waals surface area contributed by atoms with Crippen molar-refractivity contribution in [2.75, 3.05) is 0 Å². The van der Waals surface area contributed by atoms with Crippen LogP contribution in [0, 0.1) is 5.82 Å². The quantitative estimate of drug-likeness (QED) is 0.726. The lowest BCUT2D eigenvalue weighted by Gasteiger charge is -2.17. The molecule has 1 heterocycles. The predicted octanol–water partition coefficient (Wildman–Crippen LogP) is 4.84. The van der Waals surface area contributed by atoms with Crippen LogP contribution in [0.5, 0.6) is 0 Å². The molecule has 0 aliphatic carbocycles. The first-order chi connectivity index (χ1) is 8.54. The van der Waals surface area contributed by atoms with Crippen LogP contribution < -0.4 is 0 Å². The fourth-order valence-corrected chi connectivity index (χ4v) is 2.53. The Hall–Kier alpha value is -1.09. The molecular weight excluding hydrogens is 251 g/mol. The predicted molar refractivity (Wildman–Crippen MR) is 73.6 cm³/mol. The molecule has 0 aliphatic heterocycles. The van der Waals surface area contributed by atoms with Crippen molar-refractivity contribution in [3.8, 4) is 0 Å². The highest BCUT2D eigenvalue weighted by atomic mass is 35.5. The van der Waals surface area contributed by atoms with E-state index in [0.717, 1.165) is 29.7 Å². The van der Waals surface area contributed by atoms with E-state index in [9.17, 15) is 4.39 Å². The van der Waals surface area contributed by atoms with Crippen molar-refractivity contribution in [3.63, 3.8) is 0 Å². The van der Waals surface area contributed by atoms with Crippen LogP contribution in [0.25, 0.3) is 11.0 Å². The lowest BCUT2D eigenvalue weighted by Crippen LogP contribution is -2.09. The third-order valence-electron chi connectivity index (χ3n) is 3.18. The Morgan fingerprint density at radius 3 is 2.72 bits per heavy atom. The van der Waals surface area contributed by atoms with Crippen molar-refractivity contribution < 1.29 is 4.39 Å². The van der Waals surface area contributed by atoms with Gasteiger partial charge in [-0.15, -0.1) is 11.6 Å². The summed E-state index contributed by atoms with van der Waals surface area (Å²) in [7, 11) is 0. The van der Waals surface area contributed by atoms with Crippen LogP contribution in [-0.4, -0.2) is 9.55 Å². The molecule has 0 amide bonds. The molecule has 0 saturated carbocycles. The lowest BCUT2D eigenvalue weighted by molar-refractivity contribution is 0.493. The number of fused-ring (bicyclic) bond motifs is 1. The molecule has 4 heteroatoms.